The summed E-state index contributed by atoms with van der Waals surface area (Å²) in [7, 11) is 0. The van der Waals surface area contributed by atoms with Crippen LogP contribution >= 0.6 is 0 Å². The van der Waals surface area contributed by atoms with E-state index in [2.05, 4.69) is 25.7 Å². The lowest BCUT2D eigenvalue weighted by Crippen LogP contribution is -2.29. The third-order valence-electron chi connectivity index (χ3n) is 2.29. The van der Waals surface area contributed by atoms with E-state index in [0.29, 0.717) is 6.04 Å². The Morgan fingerprint density at radius 2 is 2.43 bits per heavy atom. The Kier molecular flexibility index (Phi) is 4.47. The lowest BCUT2D eigenvalue weighted by Gasteiger charge is -2.12. The zero-order chi connectivity index (χ0) is 10.4. The fourth-order valence-electron chi connectivity index (χ4n) is 1.25. The lowest BCUT2D eigenvalue weighted by atomic mass is 10.1. The van der Waals surface area contributed by atoms with Gasteiger partial charge in [-0.1, -0.05) is 19.1 Å². The second kappa shape index (κ2) is 5.66. The van der Waals surface area contributed by atoms with Gasteiger partial charge in [-0.05, 0) is 25.5 Å². The van der Waals surface area contributed by atoms with Gasteiger partial charge in [0.25, 0.3) is 0 Å². The van der Waals surface area contributed by atoms with Crippen LogP contribution in [-0.4, -0.2) is 12.6 Å². The summed E-state index contributed by atoms with van der Waals surface area (Å²) in [5, 5.41) is 3.41. The van der Waals surface area contributed by atoms with E-state index in [9.17, 15) is 0 Å². The minimum atomic E-state index is 0.435. The van der Waals surface area contributed by atoms with Gasteiger partial charge in [0.1, 0.15) is 5.76 Å². The van der Waals surface area contributed by atoms with Crippen LogP contribution in [0.1, 0.15) is 26.0 Å². The fourth-order valence-corrected chi connectivity index (χ4v) is 1.25. The van der Waals surface area contributed by atoms with Crippen molar-refractivity contribution in [1.82, 2.24) is 5.32 Å². The van der Waals surface area contributed by atoms with Gasteiger partial charge in [-0.2, -0.15) is 0 Å². The molecule has 14 heavy (non-hydrogen) atoms. The summed E-state index contributed by atoms with van der Waals surface area (Å²) in [4.78, 5) is 0. The maximum Gasteiger partial charge on any atom is 0.105 e. The SMILES string of the molecule is C=C(CC)CNC(C)Cc1ccco1. The molecule has 0 aliphatic heterocycles. The summed E-state index contributed by atoms with van der Waals surface area (Å²) in [6, 6.07) is 4.37. The second-order valence-electron chi connectivity index (χ2n) is 3.67. The zero-order valence-corrected chi connectivity index (χ0v) is 9.05. The highest BCUT2D eigenvalue weighted by Crippen LogP contribution is 2.04. The first-order valence-electron chi connectivity index (χ1n) is 5.14. The Morgan fingerprint density at radius 3 is 3.00 bits per heavy atom. The maximum atomic E-state index is 5.27. The van der Waals surface area contributed by atoms with E-state index in [1.165, 1.54) is 5.57 Å². The van der Waals surface area contributed by atoms with Crippen LogP contribution < -0.4 is 5.32 Å². The van der Waals surface area contributed by atoms with Gasteiger partial charge in [-0.25, -0.2) is 0 Å². The van der Waals surface area contributed by atoms with Crippen LogP contribution in [0.3, 0.4) is 0 Å². The first-order chi connectivity index (χ1) is 6.72. The first kappa shape index (κ1) is 11.1. The molecule has 0 fully saturated rings. The normalized spacial score (nSPS) is 12.7. The summed E-state index contributed by atoms with van der Waals surface area (Å²) in [5.74, 6) is 1.03. The van der Waals surface area contributed by atoms with E-state index in [4.69, 9.17) is 4.42 Å². The molecule has 78 valence electrons. The van der Waals surface area contributed by atoms with Gasteiger partial charge in [-0.15, -0.1) is 0 Å². The summed E-state index contributed by atoms with van der Waals surface area (Å²) >= 11 is 0. The third-order valence-corrected chi connectivity index (χ3v) is 2.29. The molecule has 1 aromatic rings. The van der Waals surface area contributed by atoms with Gasteiger partial charge in [0.15, 0.2) is 0 Å². The highest BCUT2D eigenvalue weighted by Gasteiger charge is 2.04. The maximum absolute atomic E-state index is 5.27. The van der Waals surface area contributed by atoms with Gasteiger partial charge >= 0.3 is 0 Å². The van der Waals surface area contributed by atoms with Crippen molar-refractivity contribution in [3.05, 3.63) is 36.3 Å². The predicted molar refractivity (Wildman–Crippen MR) is 59.3 cm³/mol. The molecule has 0 spiro atoms. The van der Waals surface area contributed by atoms with E-state index in [-0.39, 0.29) is 0 Å². The molecular formula is C12H19NO. The number of furan rings is 1. The molecule has 0 aliphatic carbocycles. The second-order valence-corrected chi connectivity index (χ2v) is 3.67. The Balaban J connectivity index is 2.22. The number of hydrogen-bond donors (Lipinski definition) is 1. The van der Waals surface area contributed by atoms with E-state index >= 15 is 0 Å². The molecule has 2 nitrogen and oxygen atoms in total. The number of nitrogens with one attached hydrogen (secondary N) is 1. The lowest BCUT2D eigenvalue weighted by molar-refractivity contribution is 0.464. The van der Waals surface area contributed by atoms with Crippen LogP contribution in [0.4, 0.5) is 0 Å². The minimum absolute atomic E-state index is 0.435. The molecule has 2 heteroatoms. The smallest absolute Gasteiger partial charge is 0.105 e. The highest BCUT2D eigenvalue weighted by atomic mass is 16.3. The standard InChI is InChI=1S/C12H19NO/c1-4-10(2)9-13-11(3)8-12-6-5-7-14-12/h5-7,11,13H,2,4,8-9H2,1,3H3. The van der Waals surface area contributed by atoms with E-state index in [1.807, 2.05) is 12.1 Å². The van der Waals surface area contributed by atoms with Crippen molar-refractivity contribution in [3.8, 4) is 0 Å². The van der Waals surface area contributed by atoms with Crippen molar-refractivity contribution in [2.75, 3.05) is 6.54 Å². The summed E-state index contributed by atoms with van der Waals surface area (Å²) in [5.41, 5.74) is 1.25. The Labute approximate surface area is 86.0 Å². The average Bonchev–Trinajstić information content (AvgIpc) is 2.66. The molecule has 1 heterocycles. The van der Waals surface area contributed by atoms with Crippen LogP contribution in [0.25, 0.3) is 0 Å². The summed E-state index contributed by atoms with van der Waals surface area (Å²) < 4.78 is 5.27. The number of hydrogen-bond acceptors (Lipinski definition) is 2. The average molecular weight is 193 g/mol. The minimum Gasteiger partial charge on any atom is -0.469 e. The highest BCUT2D eigenvalue weighted by molar-refractivity contribution is 5.01. The molecule has 0 aliphatic rings. The van der Waals surface area contributed by atoms with Crippen LogP contribution in [0.5, 0.6) is 0 Å². The number of rotatable bonds is 6. The largest absolute Gasteiger partial charge is 0.469 e. The predicted octanol–water partition coefficient (Wildman–Crippen LogP) is 2.77. The van der Waals surface area contributed by atoms with Crippen molar-refractivity contribution < 1.29 is 4.42 Å². The van der Waals surface area contributed by atoms with E-state index < -0.39 is 0 Å². The first-order valence-corrected chi connectivity index (χ1v) is 5.14. The Bertz CT molecular complexity index is 264. The molecule has 0 bridgehead atoms. The zero-order valence-electron chi connectivity index (χ0n) is 9.05. The Hall–Kier alpha value is -1.02. The van der Waals surface area contributed by atoms with Crippen molar-refractivity contribution in [2.45, 2.75) is 32.7 Å². The fraction of sp³-hybridized carbons (Fsp3) is 0.500. The van der Waals surface area contributed by atoms with Crippen molar-refractivity contribution >= 4 is 0 Å². The van der Waals surface area contributed by atoms with Gasteiger partial charge in [-0.3, -0.25) is 0 Å². The van der Waals surface area contributed by atoms with Gasteiger partial charge in [0, 0.05) is 19.0 Å². The molecule has 1 rings (SSSR count). The molecule has 0 radical (unpaired) electrons. The topological polar surface area (TPSA) is 25.2 Å². The molecule has 1 N–H and O–H groups in total. The van der Waals surface area contributed by atoms with Crippen molar-refractivity contribution in [1.29, 1.82) is 0 Å². The third kappa shape index (κ3) is 3.79. The van der Waals surface area contributed by atoms with Gasteiger partial charge in [0.05, 0.1) is 6.26 Å². The van der Waals surface area contributed by atoms with Crippen LogP contribution in [0.15, 0.2) is 35.0 Å². The molecule has 1 aromatic heterocycles. The monoisotopic (exact) mass is 193 g/mol. The molecule has 0 amide bonds. The quantitative estimate of drug-likeness (QED) is 0.703. The molecule has 0 saturated heterocycles. The van der Waals surface area contributed by atoms with Crippen molar-refractivity contribution in [2.24, 2.45) is 0 Å². The van der Waals surface area contributed by atoms with Crippen LogP contribution in [-0.2, 0) is 6.42 Å². The molecule has 1 atom stereocenters. The van der Waals surface area contributed by atoms with Gasteiger partial charge < -0.3 is 9.73 Å². The Morgan fingerprint density at radius 1 is 1.64 bits per heavy atom. The molecular weight excluding hydrogens is 174 g/mol. The summed E-state index contributed by atoms with van der Waals surface area (Å²) in [6.07, 6.45) is 3.69. The van der Waals surface area contributed by atoms with Crippen molar-refractivity contribution in [3.63, 3.8) is 0 Å². The molecule has 1 unspecified atom stereocenters. The van der Waals surface area contributed by atoms with Gasteiger partial charge in [0.2, 0.25) is 0 Å². The summed E-state index contributed by atoms with van der Waals surface area (Å²) in [6.45, 7) is 9.14. The van der Waals surface area contributed by atoms with E-state index in [0.717, 1.165) is 25.1 Å². The molecule has 0 aromatic carbocycles. The molecule has 0 saturated carbocycles. The van der Waals surface area contributed by atoms with E-state index in [1.54, 1.807) is 6.26 Å². The van der Waals surface area contributed by atoms with Crippen LogP contribution in [0.2, 0.25) is 0 Å². The van der Waals surface area contributed by atoms with Crippen LogP contribution in [0, 0.1) is 0 Å².